The first kappa shape index (κ1) is 13.8. The molecule has 4 rings (SSSR count). The minimum atomic E-state index is -0.296. The van der Waals surface area contributed by atoms with Crippen LogP contribution in [0.2, 0.25) is 0 Å². The third-order valence-electron chi connectivity index (χ3n) is 3.06. The summed E-state index contributed by atoms with van der Waals surface area (Å²) in [7, 11) is 0. The standard InChI is InChI=1S/C15H10O2.C2H3N3/c16-15-13(11-6-2-1-3-7-11)10-12-8-4-5-9-14(12)17-15;1-2-4-5-3-1/h1-10H;1-2H,(H,3,4,5). The van der Waals surface area contributed by atoms with Gasteiger partial charge < -0.3 is 4.42 Å². The van der Waals surface area contributed by atoms with E-state index in [0.717, 1.165) is 10.9 Å². The summed E-state index contributed by atoms with van der Waals surface area (Å²) in [4.78, 5) is 11.9. The lowest BCUT2D eigenvalue weighted by molar-refractivity contribution is 0.563. The summed E-state index contributed by atoms with van der Waals surface area (Å²) in [6.45, 7) is 0. The van der Waals surface area contributed by atoms with E-state index in [9.17, 15) is 4.79 Å². The van der Waals surface area contributed by atoms with Gasteiger partial charge in [0.1, 0.15) is 5.58 Å². The summed E-state index contributed by atoms with van der Waals surface area (Å²) in [5, 5.41) is 10.3. The Kier molecular flexibility index (Phi) is 4.06. The Morgan fingerprint density at radius 3 is 2.23 bits per heavy atom. The molecule has 4 aromatic rings. The van der Waals surface area contributed by atoms with E-state index in [1.807, 2.05) is 54.6 Å². The number of nitrogens with one attached hydrogen (secondary N) is 1. The van der Waals surface area contributed by atoms with Crippen LogP contribution in [0.25, 0.3) is 22.1 Å². The van der Waals surface area contributed by atoms with Gasteiger partial charge in [0.15, 0.2) is 0 Å². The van der Waals surface area contributed by atoms with Gasteiger partial charge in [0.2, 0.25) is 0 Å². The van der Waals surface area contributed by atoms with Crippen molar-refractivity contribution in [3.8, 4) is 11.1 Å². The average molecular weight is 291 g/mol. The fourth-order valence-electron chi connectivity index (χ4n) is 2.05. The van der Waals surface area contributed by atoms with Crippen LogP contribution < -0.4 is 5.63 Å². The predicted molar refractivity (Wildman–Crippen MR) is 84.3 cm³/mol. The van der Waals surface area contributed by atoms with E-state index < -0.39 is 0 Å². The summed E-state index contributed by atoms with van der Waals surface area (Å²) >= 11 is 0. The van der Waals surface area contributed by atoms with Crippen LogP contribution in [-0.2, 0) is 0 Å². The Morgan fingerprint density at radius 1 is 0.864 bits per heavy atom. The van der Waals surface area contributed by atoms with Gasteiger partial charge in [-0.25, -0.2) is 4.79 Å². The maximum Gasteiger partial charge on any atom is 0.344 e. The highest BCUT2D eigenvalue weighted by Crippen LogP contribution is 2.20. The van der Waals surface area contributed by atoms with Crippen molar-refractivity contribution in [2.24, 2.45) is 0 Å². The minimum absolute atomic E-state index is 0.296. The van der Waals surface area contributed by atoms with Gasteiger partial charge in [0.25, 0.3) is 0 Å². The quantitative estimate of drug-likeness (QED) is 0.546. The predicted octanol–water partition coefficient (Wildman–Crippen LogP) is 3.26. The van der Waals surface area contributed by atoms with Crippen LogP contribution in [0.5, 0.6) is 0 Å². The molecule has 0 aliphatic rings. The van der Waals surface area contributed by atoms with Crippen LogP contribution >= 0.6 is 0 Å². The number of aromatic nitrogens is 3. The molecule has 5 nitrogen and oxygen atoms in total. The lowest BCUT2D eigenvalue weighted by Gasteiger charge is -2.01. The number of hydrogen-bond acceptors (Lipinski definition) is 4. The number of para-hydroxylation sites is 1. The molecule has 0 fully saturated rings. The molecule has 1 N–H and O–H groups in total. The van der Waals surface area contributed by atoms with Gasteiger partial charge in [-0.3, -0.25) is 0 Å². The van der Waals surface area contributed by atoms with E-state index in [0.29, 0.717) is 11.1 Å². The molecule has 0 unspecified atom stereocenters. The number of hydrogen-bond donors (Lipinski definition) is 1. The Bertz CT molecular complexity index is 883. The second-order valence-electron chi connectivity index (χ2n) is 4.51. The molecule has 0 saturated carbocycles. The molecule has 0 spiro atoms. The molecule has 2 heterocycles. The van der Waals surface area contributed by atoms with Gasteiger partial charge >= 0.3 is 5.63 Å². The van der Waals surface area contributed by atoms with Crippen LogP contribution in [0.3, 0.4) is 0 Å². The maximum atomic E-state index is 11.9. The summed E-state index contributed by atoms with van der Waals surface area (Å²) in [5.74, 6) is 0. The van der Waals surface area contributed by atoms with Gasteiger partial charge in [-0.15, -0.1) is 0 Å². The van der Waals surface area contributed by atoms with E-state index in [-0.39, 0.29) is 5.63 Å². The molecule has 0 aliphatic heterocycles. The van der Waals surface area contributed by atoms with Gasteiger partial charge in [-0.05, 0) is 17.7 Å². The normalized spacial score (nSPS) is 10.0. The van der Waals surface area contributed by atoms with Crippen LogP contribution in [0, 0.1) is 0 Å². The first-order valence-electron chi connectivity index (χ1n) is 6.72. The zero-order chi connectivity index (χ0) is 15.2. The Morgan fingerprint density at radius 2 is 1.55 bits per heavy atom. The van der Waals surface area contributed by atoms with Crippen LogP contribution in [0.1, 0.15) is 0 Å². The zero-order valence-electron chi connectivity index (χ0n) is 11.6. The van der Waals surface area contributed by atoms with Crippen molar-refractivity contribution in [2.75, 3.05) is 0 Å². The van der Waals surface area contributed by atoms with Crippen LogP contribution in [0.15, 0.2) is 82.3 Å². The van der Waals surface area contributed by atoms with Crippen LogP contribution in [-0.4, -0.2) is 15.4 Å². The second-order valence-corrected chi connectivity index (χ2v) is 4.51. The van der Waals surface area contributed by atoms with Crippen molar-refractivity contribution < 1.29 is 4.42 Å². The van der Waals surface area contributed by atoms with Gasteiger partial charge in [0, 0.05) is 5.39 Å². The van der Waals surface area contributed by atoms with Crippen molar-refractivity contribution in [2.45, 2.75) is 0 Å². The number of rotatable bonds is 1. The van der Waals surface area contributed by atoms with Crippen LogP contribution in [0.4, 0.5) is 0 Å². The van der Waals surface area contributed by atoms with E-state index >= 15 is 0 Å². The molecule has 0 radical (unpaired) electrons. The molecule has 2 aromatic heterocycles. The first-order chi connectivity index (χ1) is 10.8. The van der Waals surface area contributed by atoms with E-state index in [2.05, 4.69) is 15.4 Å². The Labute approximate surface area is 126 Å². The number of fused-ring (bicyclic) bond motifs is 1. The highest BCUT2D eigenvalue weighted by Gasteiger charge is 2.06. The molecule has 0 bridgehead atoms. The van der Waals surface area contributed by atoms with Crippen molar-refractivity contribution in [3.05, 3.63) is 83.5 Å². The molecule has 0 atom stereocenters. The average Bonchev–Trinajstić information content (AvgIpc) is 3.15. The Hall–Kier alpha value is -3.21. The maximum absolute atomic E-state index is 11.9. The molecular formula is C17H13N3O2. The summed E-state index contributed by atoms with van der Waals surface area (Å²) in [5.41, 5.74) is 1.81. The highest BCUT2D eigenvalue weighted by molar-refractivity contribution is 5.81. The number of benzene rings is 2. The largest absolute Gasteiger partial charge is 0.422 e. The van der Waals surface area contributed by atoms with E-state index in [1.165, 1.54) is 0 Å². The van der Waals surface area contributed by atoms with Crippen molar-refractivity contribution in [1.82, 2.24) is 15.4 Å². The first-order valence-corrected chi connectivity index (χ1v) is 6.72. The highest BCUT2D eigenvalue weighted by atomic mass is 16.4. The topological polar surface area (TPSA) is 71.8 Å². The number of H-pyrrole nitrogens is 1. The molecule has 0 aliphatic carbocycles. The van der Waals surface area contributed by atoms with E-state index in [1.54, 1.807) is 18.5 Å². The number of nitrogens with zero attached hydrogens (tertiary/aromatic N) is 2. The summed E-state index contributed by atoms with van der Waals surface area (Å²) in [6, 6.07) is 18.9. The lowest BCUT2D eigenvalue weighted by Crippen LogP contribution is -2.02. The zero-order valence-corrected chi connectivity index (χ0v) is 11.6. The van der Waals surface area contributed by atoms with E-state index in [4.69, 9.17) is 4.42 Å². The fourth-order valence-corrected chi connectivity index (χ4v) is 2.05. The van der Waals surface area contributed by atoms with Crippen molar-refractivity contribution in [3.63, 3.8) is 0 Å². The Balaban J connectivity index is 0.000000246. The third kappa shape index (κ3) is 3.09. The van der Waals surface area contributed by atoms with Gasteiger partial charge in [-0.1, -0.05) is 48.5 Å². The second kappa shape index (κ2) is 6.49. The molecule has 0 amide bonds. The van der Waals surface area contributed by atoms with Crippen molar-refractivity contribution in [1.29, 1.82) is 0 Å². The number of aromatic amines is 1. The monoisotopic (exact) mass is 291 g/mol. The summed E-state index contributed by atoms with van der Waals surface area (Å²) < 4.78 is 5.29. The lowest BCUT2D eigenvalue weighted by atomic mass is 10.1. The molecule has 108 valence electrons. The SMILES string of the molecule is O=c1oc2ccccc2cc1-c1ccccc1.c1cn[nH]n1. The molecule has 5 heteroatoms. The molecule has 2 aromatic carbocycles. The fraction of sp³-hybridized carbons (Fsp3) is 0. The molecule has 22 heavy (non-hydrogen) atoms. The molecular weight excluding hydrogens is 278 g/mol. The minimum Gasteiger partial charge on any atom is -0.422 e. The smallest absolute Gasteiger partial charge is 0.344 e. The van der Waals surface area contributed by atoms with Gasteiger partial charge in [-0.2, -0.15) is 15.4 Å². The van der Waals surface area contributed by atoms with Gasteiger partial charge in [0.05, 0.1) is 18.0 Å². The third-order valence-corrected chi connectivity index (χ3v) is 3.06. The molecule has 0 saturated heterocycles. The van der Waals surface area contributed by atoms with Crippen molar-refractivity contribution >= 4 is 11.0 Å². The summed E-state index contributed by atoms with van der Waals surface area (Å²) in [6.07, 6.45) is 3.17.